The van der Waals surface area contributed by atoms with E-state index in [1.165, 1.54) is 0 Å². The summed E-state index contributed by atoms with van der Waals surface area (Å²) >= 11 is 0. The molecule has 1 saturated heterocycles. The smallest absolute Gasteiger partial charge is 0.231 e. The first-order chi connectivity index (χ1) is 8.81. The van der Waals surface area contributed by atoms with Crippen molar-refractivity contribution in [1.29, 1.82) is 0 Å². The number of ether oxygens (including phenoxy) is 2. The van der Waals surface area contributed by atoms with Crippen LogP contribution in [0.15, 0.2) is 18.2 Å². The van der Waals surface area contributed by atoms with E-state index >= 15 is 0 Å². The van der Waals surface area contributed by atoms with Crippen molar-refractivity contribution in [2.24, 2.45) is 0 Å². The molecule has 0 radical (unpaired) electrons. The molecule has 2 heterocycles. The SMILES string of the molecule is O=C1CC(Nc2ccc3c(c2)OCO3)CCCN1. The van der Waals surface area contributed by atoms with Crippen LogP contribution in [0.3, 0.4) is 0 Å². The molecule has 18 heavy (non-hydrogen) atoms. The van der Waals surface area contributed by atoms with Crippen LogP contribution in [0.25, 0.3) is 0 Å². The standard InChI is InChI=1S/C13H16N2O3/c16-13-7-9(2-1-5-14-13)15-10-3-4-11-12(6-10)18-8-17-11/h3-4,6,9,15H,1-2,5,7-8H2,(H,14,16). The van der Waals surface area contributed by atoms with Crippen LogP contribution in [0, 0.1) is 0 Å². The highest BCUT2D eigenvalue weighted by molar-refractivity contribution is 5.77. The maximum atomic E-state index is 11.5. The summed E-state index contributed by atoms with van der Waals surface area (Å²) in [6, 6.07) is 5.95. The molecule has 0 aromatic heterocycles. The molecule has 3 rings (SSSR count). The minimum Gasteiger partial charge on any atom is -0.454 e. The summed E-state index contributed by atoms with van der Waals surface area (Å²) in [6.45, 7) is 1.06. The second-order valence-electron chi connectivity index (χ2n) is 4.61. The van der Waals surface area contributed by atoms with E-state index in [-0.39, 0.29) is 18.7 Å². The van der Waals surface area contributed by atoms with Crippen LogP contribution in [-0.2, 0) is 4.79 Å². The third kappa shape index (κ3) is 2.34. The zero-order chi connectivity index (χ0) is 12.4. The Balaban J connectivity index is 1.70. The van der Waals surface area contributed by atoms with E-state index in [1.54, 1.807) is 0 Å². The molecule has 2 N–H and O–H groups in total. The van der Waals surface area contributed by atoms with Gasteiger partial charge in [0, 0.05) is 30.8 Å². The molecule has 96 valence electrons. The predicted molar refractivity (Wildman–Crippen MR) is 66.8 cm³/mol. The van der Waals surface area contributed by atoms with Crippen LogP contribution in [0.2, 0.25) is 0 Å². The number of hydrogen-bond donors (Lipinski definition) is 2. The van der Waals surface area contributed by atoms with E-state index in [0.717, 1.165) is 36.6 Å². The first kappa shape index (κ1) is 11.2. The molecule has 2 aliphatic rings. The van der Waals surface area contributed by atoms with Crippen LogP contribution in [0.1, 0.15) is 19.3 Å². The number of carbonyl (C=O) groups is 1. The van der Waals surface area contributed by atoms with Gasteiger partial charge in [-0.1, -0.05) is 0 Å². The first-order valence-corrected chi connectivity index (χ1v) is 6.24. The molecule has 0 saturated carbocycles. The van der Waals surface area contributed by atoms with Crippen LogP contribution >= 0.6 is 0 Å². The van der Waals surface area contributed by atoms with Gasteiger partial charge < -0.3 is 20.1 Å². The summed E-state index contributed by atoms with van der Waals surface area (Å²) in [6.07, 6.45) is 2.52. The van der Waals surface area contributed by atoms with Gasteiger partial charge in [0.1, 0.15) is 0 Å². The van der Waals surface area contributed by atoms with Gasteiger partial charge in [0.2, 0.25) is 12.7 Å². The summed E-state index contributed by atoms with van der Waals surface area (Å²) in [7, 11) is 0. The molecule has 2 aliphatic heterocycles. The number of amides is 1. The Morgan fingerprint density at radius 2 is 2.17 bits per heavy atom. The predicted octanol–water partition coefficient (Wildman–Crippen LogP) is 1.50. The maximum absolute atomic E-state index is 11.5. The summed E-state index contributed by atoms with van der Waals surface area (Å²) in [5.41, 5.74) is 0.971. The van der Waals surface area contributed by atoms with E-state index in [0.29, 0.717) is 6.42 Å². The summed E-state index contributed by atoms with van der Waals surface area (Å²) in [5.74, 6) is 1.66. The van der Waals surface area contributed by atoms with Crippen LogP contribution < -0.4 is 20.1 Å². The molecule has 1 amide bonds. The van der Waals surface area contributed by atoms with E-state index in [9.17, 15) is 4.79 Å². The van der Waals surface area contributed by atoms with Crippen molar-refractivity contribution >= 4 is 11.6 Å². The van der Waals surface area contributed by atoms with Crippen LogP contribution in [0.5, 0.6) is 11.5 Å². The summed E-state index contributed by atoms with van der Waals surface area (Å²) in [5, 5.41) is 6.26. The molecule has 1 atom stereocenters. The summed E-state index contributed by atoms with van der Waals surface area (Å²) in [4.78, 5) is 11.5. The second-order valence-corrected chi connectivity index (χ2v) is 4.61. The van der Waals surface area contributed by atoms with Gasteiger partial charge in [0.05, 0.1) is 0 Å². The number of rotatable bonds is 2. The van der Waals surface area contributed by atoms with E-state index in [2.05, 4.69) is 10.6 Å². The third-order valence-electron chi connectivity index (χ3n) is 3.23. The lowest BCUT2D eigenvalue weighted by Crippen LogP contribution is -2.26. The third-order valence-corrected chi connectivity index (χ3v) is 3.23. The Labute approximate surface area is 105 Å². The Morgan fingerprint density at radius 1 is 1.28 bits per heavy atom. The highest BCUT2D eigenvalue weighted by Gasteiger charge is 2.18. The van der Waals surface area contributed by atoms with Crippen molar-refractivity contribution in [3.63, 3.8) is 0 Å². The average Bonchev–Trinajstić information content (AvgIpc) is 2.72. The largest absolute Gasteiger partial charge is 0.454 e. The molecule has 1 fully saturated rings. The normalized spacial score (nSPS) is 22.2. The van der Waals surface area contributed by atoms with Crippen molar-refractivity contribution in [1.82, 2.24) is 5.32 Å². The number of benzene rings is 1. The number of fused-ring (bicyclic) bond motifs is 1. The fraction of sp³-hybridized carbons (Fsp3) is 0.462. The molecule has 5 nitrogen and oxygen atoms in total. The minimum absolute atomic E-state index is 0.116. The number of anilines is 1. The van der Waals surface area contributed by atoms with Crippen molar-refractivity contribution < 1.29 is 14.3 Å². The lowest BCUT2D eigenvalue weighted by Gasteiger charge is -2.16. The van der Waals surface area contributed by atoms with Gasteiger partial charge in [-0.15, -0.1) is 0 Å². The molecular weight excluding hydrogens is 232 g/mol. The number of carbonyl (C=O) groups excluding carboxylic acids is 1. The molecular formula is C13H16N2O3. The summed E-state index contributed by atoms with van der Waals surface area (Å²) < 4.78 is 10.6. The number of nitrogens with one attached hydrogen (secondary N) is 2. The lowest BCUT2D eigenvalue weighted by molar-refractivity contribution is -0.120. The molecule has 0 spiro atoms. The van der Waals surface area contributed by atoms with E-state index in [4.69, 9.17) is 9.47 Å². The van der Waals surface area contributed by atoms with Gasteiger partial charge in [-0.25, -0.2) is 0 Å². The van der Waals surface area contributed by atoms with Crippen molar-refractivity contribution in [2.45, 2.75) is 25.3 Å². The topological polar surface area (TPSA) is 59.6 Å². The number of hydrogen-bond acceptors (Lipinski definition) is 4. The quantitative estimate of drug-likeness (QED) is 0.832. The Bertz CT molecular complexity index is 462. The maximum Gasteiger partial charge on any atom is 0.231 e. The average molecular weight is 248 g/mol. The Hall–Kier alpha value is -1.91. The minimum atomic E-state index is 0.116. The second kappa shape index (κ2) is 4.76. The zero-order valence-corrected chi connectivity index (χ0v) is 10.1. The van der Waals surface area contributed by atoms with Crippen molar-refractivity contribution in [3.05, 3.63) is 18.2 Å². The van der Waals surface area contributed by atoms with E-state index in [1.807, 2.05) is 18.2 Å². The zero-order valence-electron chi connectivity index (χ0n) is 10.1. The molecule has 5 heteroatoms. The van der Waals surface area contributed by atoms with Crippen molar-refractivity contribution in [3.8, 4) is 11.5 Å². The van der Waals surface area contributed by atoms with Gasteiger partial charge in [0.15, 0.2) is 11.5 Å². The fourth-order valence-corrected chi connectivity index (χ4v) is 2.32. The van der Waals surface area contributed by atoms with Gasteiger partial charge in [0.25, 0.3) is 0 Å². The van der Waals surface area contributed by atoms with Gasteiger partial charge >= 0.3 is 0 Å². The molecule has 1 aromatic carbocycles. The molecule has 0 bridgehead atoms. The Morgan fingerprint density at radius 3 is 3.11 bits per heavy atom. The van der Waals surface area contributed by atoms with Gasteiger partial charge in [-0.2, -0.15) is 0 Å². The lowest BCUT2D eigenvalue weighted by atomic mass is 10.1. The first-order valence-electron chi connectivity index (χ1n) is 6.24. The van der Waals surface area contributed by atoms with Crippen molar-refractivity contribution in [2.75, 3.05) is 18.7 Å². The van der Waals surface area contributed by atoms with Crippen LogP contribution in [0.4, 0.5) is 5.69 Å². The molecule has 0 aliphatic carbocycles. The monoisotopic (exact) mass is 248 g/mol. The van der Waals surface area contributed by atoms with Gasteiger partial charge in [-0.05, 0) is 25.0 Å². The molecule has 1 aromatic rings. The van der Waals surface area contributed by atoms with Gasteiger partial charge in [-0.3, -0.25) is 4.79 Å². The highest BCUT2D eigenvalue weighted by atomic mass is 16.7. The Kier molecular flexibility index (Phi) is 2.96. The molecule has 1 unspecified atom stereocenters. The van der Waals surface area contributed by atoms with E-state index < -0.39 is 0 Å². The van der Waals surface area contributed by atoms with Crippen LogP contribution in [-0.4, -0.2) is 25.3 Å². The highest BCUT2D eigenvalue weighted by Crippen LogP contribution is 2.34. The fourth-order valence-electron chi connectivity index (χ4n) is 2.32.